The maximum atomic E-state index is 13.2. The zero-order valence-corrected chi connectivity index (χ0v) is 17.9. The van der Waals surface area contributed by atoms with Crippen LogP contribution in [0.2, 0.25) is 0 Å². The third kappa shape index (κ3) is 5.73. The molecule has 2 N–H and O–H groups in total. The Morgan fingerprint density at radius 3 is 2.45 bits per heavy atom. The number of carbonyl (C=O) groups excluding carboxylic acids is 1. The maximum absolute atomic E-state index is 13.2. The van der Waals surface area contributed by atoms with Gasteiger partial charge in [-0.3, -0.25) is 0 Å². The van der Waals surface area contributed by atoms with Gasteiger partial charge in [-0.25, -0.2) is 4.79 Å². The normalized spacial score (nSPS) is 15.2. The van der Waals surface area contributed by atoms with Crippen molar-refractivity contribution < 1.29 is 27.8 Å². The molecule has 4 rings (SSSR count). The zero-order chi connectivity index (χ0) is 23.4. The molecule has 1 unspecified atom stereocenters. The van der Waals surface area contributed by atoms with Crippen molar-refractivity contribution in [1.29, 1.82) is 0 Å². The van der Waals surface area contributed by atoms with Crippen LogP contribution in [-0.4, -0.2) is 11.2 Å². The molecule has 1 aliphatic carbocycles. The minimum atomic E-state index is -4.47. The molecule has 0 aliphatic heterocycles. The van der Waals surface area contributed by atoms with E-state index in [1.807, 2.05) is 48.5 Å². The van der Waals surface area contributed by atoms with Gasteiger partial charge in [0.2, 0.25) is 0 Å². The van der Waals surface area contributed by atoms with Crippen molar-refractivity contribution in [3.05, 3.63) is 106 Å². The van der Waals surface area contributed by atoms with Crippen LogP contribution in [0.25, 0.3) is 0 Å². The van der Waals surface area contributed by atoms with Crippen LogP contribution in [0.4, 0.5) is 18.0 Å². The summed E-state index contributed by atoms with van der Waals surface area (Å²) in [5, 5.41) is 12.1. The monoisotopic (exact) mass is 455 g/mol. The molecule has 4 nitrogen and oxygen atoms in total. The number of carbonyl (C=O) groups is 1. The van der Waals surface area contributed by atoms with E-state index >= 15 is 0 Å². The van der Waals surface area contributed by atoms with Crippen LogP contribution >= 0.6 is 0 Å². The van der Waals surface area contributed by atoms with Crippen molar-refractivity contribution in [2.75, 3.05) is 0 Å². The number of hydrogen-bond donors (Lipinski definition) is 2. The smallest absolute Gasteiger partial charge is 0.416 e. The molecule has 0 heterocycles. The van der Waals surface area contributed by atoms with Gasteiger partial charge in [0, 0.05) is 6.54 Å². The standard InChI is InChI=1S/C26H24F3NO3/c27-26(28,29)22-13-19(11-20(14-22)16-31)10-18-6-8-23-21(12-18)7-9-24(23)33-25(32)30-15-17-4-2-1-3-5-17/h1-6,8,11-14,24,31H,7,9-10,15-16H2,(H,30,32). The second kappa shape index (κ2) is 9.67. The predicted molar refractivity (Wildman–Crippen MR) is 117 cm³/mol. The van der Waals surface area contributed by atoms with E-state index in [1.165, 1.54) is 0 Å². The number of aryl methyl sites for hydroxylation is 1. The molecule has 0 fully saturated rings. The van der Waals surface area contributed by atoms with E-state index in [4.69, 9.17) is 4.74 Å². The number of halogens is 3. The Morgan fingerprint density at radius 1 is 0.970 bits per heavy atom. The number of benzene rings is 3. The second-order valence-electron chi connectivity index (χ2n) is 8.18. The first kappa shape index (κ1) is 22.9. The lowest BCUT2D eigenvalue weighted by Gasteiger charge is -2.15. The third-order valence-electron chi connectivity index (χ3n) is 5.73. The van der Waals surface area contributed by atoms with E-state index in [-0.39, 0.29) is 11.7 Å². The maximum Gasteiger partial charge on any atom is 0.416 e. The SMILES string of the molecule is O=C(NCc1ccccc1)OC1CCc2cc(Cc3cc(CO)cc(C(F)(F)F)c3)ccc21. The quantitative estimate of drug-likeness (QED) is 0.501. The summed E-state index contributed by atoms with van der Waals surface area (Å²) in [5.41, 5.74) is 3.75. The highest BCUT2D eigenvalue weighted by Crippen LogP contribution is 2.35. The van der Waals surface area contributed by atoms with E-state index in [0.29, 0.717) is 24.9 Å². The first-order valence-corrected chi connectivity index (χ1v) is 10.7. The molecule has 0 saturated carbocycles. The van der Waals surface area contributed by atoms with Crippen molar-refractivity contribution in [1.82, 2.24) is 5.32 Å². The fraction of sp³-hybridized carbons (Fsp3) is 0.269. The fourth-order valence-electron chi connectivity index (χ4n) is 4.16. The Kier molecular flexibility index (Phi) is 6.70. The number of alkyl halides is 3. The van der Waals surface area contributed by atoms with Gasteiger partial charge >= 0.3 is 12.3 Å². The average Bonchev–Trinajstić information content (AvgIpc) is 3.19. The molecule has 1 aliphatic rings. The number of alkyl carbamates (subject to hydrolysis) is 1. The van der Waals surface area contributed by atoms with Gasteiger partial charge in [0.1, 0.15) is 6.10 Å². The molecule has 0 saturated heterocycles. The lowest BCUT2D eigenvalue weighted by Crippen LogP contribution is -2.25. The molecule has 33 heavy (non-hydrogen) atoms. The predicted octanol–water partition coefficient (Wildman–Crippen LogP) is 5.70. The lowest BCUT2D eigenvalue weighted by atomic mass is 9.97. The van der Waals surface area contributed by atoms with Crippen LogP contribution < -0.4 is 5.32 Å². The molecule has 1 amide bonds. The summed E-state index contributed by atoms with van der Waals surface area (Å²) in [7, 11) is 0. The highest BCUT2D eigenvalue weighted by atomic mass is 19.4. The van der Waals surface area contributed by atoms with E-state index in [9.17, 15) is 23.1 Å². The Bertz CT molecular complexity index is 1130. The molecular weight excluding hydrogens is 431 g/mol. The molecular formula is C26H24F3NO3. The number of amides is 1. The van der Waals surface area contributed by atoms with E-state index in [1.54, 1.807) is 6.07 Å². The van der Waals surface area contributed by atoms with Crippen molar-refractivity contribution in [3.8, 4) is 0 Å². The molecule has 0 radical (unpaired) electrons. The van der Waals surface area contributed by atoms with Crippen molar-refractivity contribution in [2.24, 2.45) is 0 Å². The van der Waals surface area contributed by atoms with Crippen LogP contribution in [0.5, 0.6) is 0 Å². The highest BCUT2D eigenvalue weighted by Gasteiger charge is 2.31. The topological polar surface area (TPSA) is 58.6 Å². The minimum absolute atomic E-state index is 0.232. The van der Waals surface area contributed by atoms with Gasteiger partial charge < -0.3 is 15.2 Å². The number of rotatable bonds is 6. The van der Waals surface area contributed by atoms with Gasteiger partial charge in [-0.15, -0.1) is 0 Å². The van der Waals surface area contributed by atoms with Crippen LogP contribution in [0.3, 0.4) is 0 Å². The first-order chi connectivity index (χ1) is 15.8. The summed E-state index contributed by atoms with van der Waals surface area (Å²) in [4.78, 5) is 12.2. The van der Waals surface area contributed by atoms with Crippen molar-refractivity contribution >= 4 is 6.09 Å². The lowest BCUT2D eigenvalue weighted by molar-refractivity contribution is -0.137. The molecule has 7 heteroatoms. The van der Waals surface area contributed by atoms with Crippen molar-refractivity contribution in [2.45, 2.75) is 44.7 Å². The molecule has 3 aromatic carbocycles. The molecule has 0 spiro atoms. The van der Waals surface area contributed by atoms with Crippen LogP contribution in [0.15, 0.2) is 66.7 Å². The number of fused-ring (bicyclic) bond motifs is 1. The Labute approximate surface area is 190 Å². The van der Waals surface area contributed by atoms with E-state index in [2.05, 4.69) is 5.32 Å². The van der Waals surface area contributed by atoms with Gasteiger partial charge in [-0.05, 0) is 64.8 Å². The summed E-state index contributed by atoms with van der Waals surface area (Å²) < 4.78 is 45.1. The fourth-order valence-corrected chi connectivity index (χ4v) is 4.16. The number of aliphatic hydroxyl groups excluding tert-OH is 1. The molecule has 3 aromatic rings. The summed E-state index contributed by atoms with van der Waals surface area (Å²) in [5.74, 6) is 0. The minimum Gasteiger partial charge on any atom is -0.441 e. The van der Waals surface area contributed by atoms with Gasteiger partial charge in [0.25, 0.3) is 0 Å². The Balaban J connectivity index is 1.42. The highest BCUT2D eigenvalue weighted by molar-refractivity contribution is 5.67. The number of hydrogen-bond acceptors (Lipinski definition) is 3. The molecule has 0 aromatic heterocycles. The largest absolute Gasteiger partial charge is 0.441 e. The molecule has 1 atom stereocenters. The number of ether oxygens (including phenoxy) is 1. The summed E-state index contributed by atoms with van der Waals surface area (Å²) in [6, 6.07) is 18.9. The van der Waals surface area contributed by atoms with Crippen LogP contribution in [-0.2, 0) is 36.9 Å². The first-order valence-electron chi connectivity index (χ1n) is 10.7. The Hall–Kier alpha value is -3.32. The summed E-state index contributed by atoms with van der Waals surface area (Å²) in [6.45, 7) is -0.0720. The summed E-state index contributed by atoms with van der Waals surface area (Å²) in [6.07, 6.45) is -3.60. The van der Waals surface area contributed by atoms with Gasteiger partial charge in [0.15, 0.2) is 0 Å². The van der Waals surface area contributed by atoms with Crippen LogP contribution in [0, 0.1) is 0 Å². The van der Waals surface area contributed by atoms with Crippen molar-refractivity contribution in [3.63, 3.8) is 0 Å². The third-order valence-corrected chi connectivity index (χ3v) is 5.73. The average molecular weight is 455 g/mol. The Morgan fingerprint density at radius 2 is 1.73 bits per heavy atom. The van der Waals surface area contributed by atoms with Crippen LogP contribution in [0.1, 0.15) is 51.5 Å². The number of aliphatic hydroxyl groups is 1. The molecule has 0 bridgehead atoms. The van der Waals surface area contributed by atoms with E-state index < -0.39 is 24.4 Å². The summed E-state index contributed by atoms with van der Waals surface area (Å²) >= 11 is 0. The van der Waals surface area contributed by atoms with Gasteiger partial charge in [-0.1, -0.05) is 54.6 Å². The molecule has 172 valence electrons. The zero-order valence-electron chi connectivity index (χ0n) is 17.9. The van der Waals surface area contributed by atoms with E-state index in [0.717, 1.165) is 40.8 Å². The van der Waals surface area contributed by atoms with Gasteiger partial charge in [-0.2, -0.15) is 13.2 Å². The second-order valence-corrected chi connectivity index (χ2v) is 8.18. The van der Waals surface area contributed by atoms with Gasteiger partial charge in [0.05, 0.1) is 12.2 Å². The number of nitrogens with one attached hydrogen (secondary N) is 1.